The Bertz CT molecular complexity index is 959. The summed E-state index contributed by atoms with van der Waals surface area (Å²) in [4.78, 5) is 12.3. The summed E-state index contributed by atoms with van der Waals surface area (Å²) in [6, 6.07) is 9.17. The van der Waals surface area contributed by atoms with Crippen LogP contribution in [0.4, 0.5) is 14.5 Å². The largest absolute Gasteiger partial charge is 0.586 e. The Kier molecular flexibility index (Phi) is 4.32. The van der Waals surface area contributed by atoms with E-state index in [4.69, 9.17) is 0 Å². The van der Waals surface area contributed by atoms with E-state index in [0.717, 1.165) is 4.31 Å². The van der Waals surface area contributed by atoms with Gasteiger partial charge in [0.2, 0.25) is 10.0 Å². The molecule has 1 aliphatic heterocycles. The van der Waals surface area contributed by atoms with Crippen molar-refractivity contribution in [2.75, 3.05) is 19.4 Å². The maximum Gasteiger partial charge on any atom is 0.586 e. The Hall–Kier alpha value is -2.72. The standard InChI is InChI=1S/C16H14F2N2O5S/c1-20(2)26(22,23)12-6-3-10(4-7-12)15(21)19-11-5-8-13-14(9-11)25-16(17,18)24-13/h3-9H,1-2H3,(H,19,21). The van der Waals surface area contributed by atoms with Gasteiger partial charge in [0.25, 0.3) is 5.91 Å². The molecule has 2 aromatic carbocycles. The van der Waals surface area contributed by atoms with Crippen molar-refractivity contribution in [3.05, 3.63) is 48.0 Å². The summed E-state index contributed by atoms with van der Waals surface area (Å²) >= 11 is 0. The lowest BCUT2D eigenvalue weighted by molar-refractivity contribution is -0.286. The van der Waals surface area contributed by atoms with E-state index < -0.39 is 22.2 Å². The van der Waals surface area contributed by atoms with Crippen molar-refractivity contribution in [2.45, 2.75) is 11.2 Å². The molecule has 0 aliphatic carbocycles. The highest BCUT2D eigenvalue weighted by Gasteiger charge is 2.43. The maximum atomic E-state index is 13.0. The van der Waals surface area contributed by atoms with Crippen molar-refractivity contribution in [3.63, 3.8) is 0 Å². The van der Waals surface area contributed by atoms with Crippen LogP contribution in [-0.4, -0.2) is 39.0 Å². The highest BCUT2D eigenvalue weighted by molar-refractivity contribution is 7.89. The molecule has 26 heavy (non-hydrogen) atoms. The lowest BCUT2D eigenvalue weighted by Gasteiger charge is -2.11. The maximum absolute atomic E-state index is 13.0. The Labute approximate surface area is 148 Å². The Morgan fingerprint density at radius 2 is 1.65 bits per heavy atom. The van der Waals surface area contributed by atoms with Gasteiger partial charge in [-0.2, -0.15) is 0 Å². The summed E-state index contributed by atoms with van der Waals surface area (Å²) < 4.78 is 59.7. The number of halogens is 2. The summed E-state index contributed by atoms with van der Waals surface area (Å²) in [7, 11) is -0.792. The van der Waals surface area contributed by atoms with Crippen LogP contribution in [0, 0.1) is 0 Å². The number of fused-ring (bicyclic) bond motifs is 1. The molecule has 7 nitrogen and oxygen atoms in total. The number of nitrogens with zero attached hydrogens (tertiary/aromatic N) is 1. The molecule has 0 radical (unpaired) electrons. The molecule has 0 fully saturated rings. The van der Waals surface area contributed by atoms with Gasteiger partial charge in [0, 0.05) is 31.4 Å². The van der Waals surface area contributed by atoms with Crippen LogP contribution in [0.5, 0.6) is 11.5 Å². The molecule has 1 N–H and O–H groups in total. The van der Waals surface area contributed by atoms with Gasteiger partial charge in [-0.15, -0.1) is 8.78 Å². The van der Waals surface area contributed by atoms with E-state index in [9.17, 15) is 22.0 Å². The lowest BCUT2D eigenvalue weighted by atomic mass is 10.2. The normalized spacial score (nSPS) is 15.1. The molecule has 2 aromatic rings. The van der Waals surface area contributed by atoms with Crippen LogP contribution in [0.15, 0.2) is 47.4 Å². The van der Waals surface area contributed by atoms with Gasteiger partial charge in [-0.1, -0.05) is 0 Å². The Morgan fingerprint density at radius 1 is 1.04 bits per heavy atom. The number of hydrogen-bond acceptors (Lipinski definition) is 5. The molecule has 138 valence electrons. The van der Waals surface area contributed by atoms with Gasteiger partial charge in [0.15, 0.2) is 11.5 Å². The van der Waals surface area contributed by atoms with Crippen molar-refractivity contribution in [2.24, 2.45) is 0 Å². The molecule has 1 amide bonds. The van der Waals surface area contributed by atoms with Crippen molar-refractivity contribution in [1.29, 1.82) is 0 Å². The van der Waals surface area contributed by atoms with Crippen LogP contribution >= 0.6 is 0 Å². The van der Waals surface area contributed by atoms with Gasteiger partial charge in [-0.05, 0) is 36.4 Å². The summed E-state index contributed by atoms with van der Waals surface area (Å²) in [5.41, 5.74) is 0.422. The van der Waals surface area contributed by atoms with E-state index in [1.165, 1.54) is 56.6 Å². The zero-order valence-electron chi connectivity index (χ0n) is 13.7. The van der Waals surface area contributed by atoms with Crippen LogP contribution in [0.2, 0.25) is 0 Å². The second-order valence-electron chi connectivity index (χ2n) is 5.59. The van der Waals surface area contributed by atoms with Crippen LogP contribution in [0.25, 0.3) is 0 Å². The average Bonchev–Trinajstić information content (AvgIpc) is 2.87. The predicted molar refractivity (Wildman–Crippen MR) is 87.9 cm³/mol. The van der Waals surface area contributed by atoms with Crippen LogP contribution in [0.3, 0.4) is 0 Å². The zero-order chi connectivity index (χ0) is 19.1. The SMILES string of the molecule is CN(C)S(=O)(=O)c1ccc(C(=O)Nc2ccc3c(c2)OC(F)(F)O3)cc1. The number of carbonyl (C=O) groups is 1. The van der Waals surface area contributed by atoms with Gasteiger partial charge in [0.1, 0.15) is 0 Å². The number of amides is 1. The predicted octanol–water partition coefficient (Wildman–Crippen LogP) is 2.51. The molecular weight excluding hydrogens is 370 g/mol. The first-order valence-electron chi connectivity index (χ1n) is 7.32. The van der Waals surface area contributed by atoms with E-state index in [1.807, 2.05) is 0 Å². The van der Waals surface area contributed by atoms with Crippen molar-refractivity contribution in [1.82, 2.24) is 4.31 Å². The molecule has 0 bridgehead atoms. The van der Waals surface area contributed by atoms with Crippen molar-refractivity contribution >= 4 is 21.6 Å². The molecule has 0 atom stereocenters. The van der Waals surface area contributed by atoms with E-state index in [-0.39, 0.29) is 27.6 Å². The number of sulfonamides is 1. The van der Waals surface area contributed by atoms with Crippen LogP contribution in [0.1, 0.15) is 10.4 Å². The summed E-state index contributed by atoms with van der Waals surface area (Å²) in [5, 5.41) is 2.52. The number of benzene rings is 2. The van der Waals surface area contributed by atoms with Gasteiger partial charge in [0.05, 0.1) is 4.90 Å². The molecule has 0 unspecified atom stereocenters. The summed E-state index contributed by atoms with van der Waals surface area (Å²) in [5.74, 6) is -0.865. The third kappa shape index (κ3) is 3.46. The molecular formula is C16H14F2N2O5S. The van der Waals surface area contributed by atoms with Crippen LogP contribution in [-0.2, 0) is 10.0 Å². The zero-order valence-corrected chi connectivity index (χ0v) is 14.5. The average molecular weight is 384 g/mol. The number of nitrogens with one attached hydrogen (secondary N) is 1. The molecule has 0 saturated carbocycles. The lowest BCUT2D eigenvalue weighted by Crippen LogP contribution is -2.25. The second-order valence-corrected chi connectivity index (χ2v) is 7.75. The number of carbonyl (C=O) groups excluding carboxylic acids is 1. The Morgan fingerprint density at radius 3 is 2.27 bits per heavy atom. The number of alkyl halides is 2. The van der Waals surface area contributed by atoms with Gasteiger partial charge in [-0.25, -0.2) is 12.7 Å². The van der Waals surface area contributed by atoms with Gasteiger partial charge in [-0.3, -0.25) is 4.79 Å². The minimum absolute atomic E-state index is 0.0457. The molecule has 3 rings (SSSR count). The fourth-order valence-corrected chi connectivity index (χ4v) is 3.12. The monoisotopic (exact) mass is 384 g/mol. The first kappa shape index (κ1) is 18.1. The highest BCUT2D eigenvalue weighted by atomic mass is 32.2. The Balaban J connectivity index is 1.75. The van der Waals surface area contributed by atoms with E-state index in [0.29, 0.717) is 0 Å². The van der Waals surface area contributed by atoms with E-state index in [1.54, 1.807) is 0 Å². The molecule has 1 aliphatic rings. The van der Waals surface area contributed by atoms with Crippen molar-refractivity contribution in [3.8, 4) is 11.5 Å². The highest BCUT2D eigenvalue weighted by Crippen LogP contribution is 2.42. The summed E-state index contributed by atoms with van der Waals surface area (Å²) in [6.07, 6.45) is -3.74. The molecule has 0 spiro atoms. The smallest absolute Gasteiger partial charge is 0.395 e. The fourth-order valence-electron chi connectivity index (χ4n) is 2.22. The van der Waals surface area contributed by atoms with Crippen molar-refractivity contribution < 1.29 is 31.5 Å². The molecule has 0 saturated heterocycles. The third-order valence-electron chi connectivity index (χ3n) is 3.55. The quantitative estimate of drug-likeness (QED) is 0.876. The summed E-state index contributed by atoms with van der Waals surface area (Å²) in [6.45, 7) is 0. The first-order chi connectivity index (χ1) is 12.1. The number of anilines is 1. The molecule has 10 heteroatoms. The first-order valence-corrected chi connectivity index (χ1v) is 8.76. The minimum atomic E-state index is -3.74. The number of hydrogen-bond donors (Lipinski definition) is 1. The third-order valence-corrected chi connectivity index (χ3v) is 5.38. The fraction of sp³-hybridized carbons (Fsp3) is 0.188. The van der Waals surface area contributed by atoms with Gasteiger partial charge < -0.3 is 14.8 Å². The van der Waals surface area contributed by atoms with Crippen LogP contribution < -0.4 is 14.8 Å². The second kappa shape index (κ2) is 6.22. The molecule has 1 heterocycles. The van der Waals surface area contributed by atoms with E-state index >= 15 is 0 Å². The minimum Gasteiger partial charge on any atom is -0.395 e. The van der Waals surface area contributed by atoms with E-state index in [2.05, 4.69) is 14.8 Å². The van der Waals surface area contributed by atoms with Gasteiger partial charge >= 0.3 is 6.29 Å². The number of ether oxygens (including phenoxy) is 2. The molecule has 0 aromatic heterocycles. The number of rotatable bonds is 4. The topological polar surface area (TPSA) is 84.9 Å².